The summed E-state index contributed by atoms with van der Waals surface area (Å²) in [5, 5.41) is 9.86. The minimum atomic E-state index is -0.371. The van der Waals surface area contributed by atoms with Crippen LogP contribution in [0, 0.1) is 19.3 Å². The van der Waals surface area contributed by atoms with Crippen molar-refractivity contribution in [2.45, 2.75) is 32.3 Å². The van der Waals surface area contributed by atoms with Gasteiger partial charge in [-0.15, -0.1) is 12.3 Å². The summed E-state index contributed by atoms with van der Waals surface area (Å²) >= 11 is 0. The van der Waals surface area contributed by atoms with Crippen molar-refractivity contribution in [3.8, 4) is 12.3 Å². The number of unbranched alkanes of at least 4 members (excludes halogenated alkanes) is 1. The molecule has 0 heterocycles. The van der Waals surface area contributed by atoms with E-state index in [0.29, 0.717) is 0 Å². The van der Waals surface area contributed by atoms with Crippen LogP contribution in [0.25, 0.3) is 0 Å². The first kappa shape index (κ1) is 10.8. The second kappa shape index (κ2) is 5.47. The number of benzene rings is 1. The Morgan fingerprint density at radius 2 is 2.14 bits per heavy atom. The van der Waals surface area contributed by atoms with Crippen molar-refractivity contribution in [2.75, 3.05) is 0 Å². The van der Waals surface area contributed by atoms with E-state index >= 15 is 0 Å². The fourth-order valence-electron chi connectivity index (χ4n) is 1.51. The summed E-state index contributed by atoms with van der Waals surface area (Å²) in [4.78, 5) is 0. The van der Waals surface area contributed by atoms with Crippen LogP contribution < -0.4 is 0 Å². The summed E-state index contributed by atoms with van der Waals surface area (Å²) < 4.78 is 0. The third-order valence-corrected chi connectivity index (χ3v) is 2.35. The van der Waals surface area contributed by atoms with E-state index in [4.69, 9.17) is 6.42 Å². The van der Waals surface area contributed by atoms with E-state index in [1.54, 1.807) is 0 Å². The molecule has 0 saturated carbocycles. The lowest BCUT2D eigenvalue weighted by molar-refractivity contribution is 0.164. The molecule has 74 valence electrons. The zero-order valence-electron chi connectivity index (χ0n) is 8.53. The normalized spacial score (nSPS) is 12.1. The number of hydrogen-bond donors (Lipinski definition) is 1. The smallest absolute Gasteiger partial charge is 0.0792 e. The van der Waals surface area contributed by atoms with Gasteiger partial charge < -0.3 is 5.11 Å². The van der Waals surface area contributed by atoms with Crippen molar-refractivity contribution < 1.29 is 5.11 Å². The van der Waals surface area contributed by atoms with Crippen molar-refractivity contribution in [1.29, 1.82) is 0 Å². The molecule has 1 unspecified atom stereocenters. The van der Waals surface area contributed by atoms with Crippen molar-refractivity contribution >= 4 is 0 Å². The van der Waals surface area contributed by atoms with Crippen LogP contribution in [0.2, 0.25) is 0 Å². The van der Waals surface area contributed by atoms with Gasteiger partial charge in [0.1, 0.15) is 0 Å². The molecule has 1 aromatic carbocycles. The lowest BCUT2D eigenvalue weighted by Gasteiger charge is -2.12. The third kappa shape index (κ3) is 2.90. The predicted molar refractivity (Wildman–Crippen MR) is 58.8 cm³/mol. The van der Waals surface area contributed by atoms with E-state index in [0.717, 1.165) is 30.4 Å². The maximum Gasteiger partial charge on any atom is 0.0792 e. The Balaban J connectivity index is 2.57. The maximum atomic E-state index is 9.86. The van der Waals surface area contributed by atoms with E-state index < -0.39 is 0 Å². The van der Waals surface area contributed by atoms with Crippen molar-refractivity contribution in [1.82, 2.24) is 0 Å². The summed E-state index contributed by atoms with van der Waals surface area (Å²) in [5.74, 6) is 2.58. The monoisotopic (exact) mass is 188 g/mol. The van der Waals surface area contributed by atoms with Crippen LogP contribution in [0.15, 0.2) is 24.3 Å². The molecule has 0 aliphatic carbocycles. The third-order valence-electron chi connectivity index (χ3n) is 2.35. The topological polar surface area (TPSA) is 20.2 Å². The summed E-state index contributed by atoms with van der Waals surface area (Å²) in [5.41, 5.74) is 2.16. The van der Waals surface area contributed by atoms with Gasteiger partial charge in [-0.3, -0.25) is 0 Å². The first-order valence-electron chi connectivity index (χ1n) is 4.92. The number of hydrogen-bond acceptors (Lipinski definition) is 1. The van der Waals surface area contributed by atoms with Gasteiger partial charge in [0.15, 0.2) is 0 Å². The van der Waals surface area contributed by atoms with Crippen LogP contribution >= 0.6 is 0 Å². The number of aliphatic hydroxyl groups is 1. The van der Waals surface area contributed by atoms with Gasteiger partial charge >= 0.3 is 0 Å². The van der Waals surface area contributed by atoms with Crippen molar-refractivity contribution in [2.24, 2.45) is 0 Å². The molecule has 1 rings (SSSR count). The summed E-state index contributed by atoms with van der Waals surface area (Å²) in [7, 11) is 0. The Morgan fingerprint density at radius 3 is 2.79 bits per heavy atom. The predicted octanol–water partition coefficient (Wildman–Crippen LogP) is 2.83. The molecule has 0 radical (unpaired) electrons. The van der Waals surface area contributed by atoms with E-state index in [9.17, 15) is 5.11 Å². The lowest BCUT2D eigenvalue weighted by Crippen LogP contribution is -1.99. The van der Waals surface area contributed by atoms with Gasteiger partial charge in [0.05, 0.1) is 6.10 Å². The minimum absolute atomic E-state index is 0.371. The Bertz CT molecular complexity index is 322. The molecule has 0 bridgehead atoms. The molecular formula is C13H16O. The zero-order valence-corrected chi connectivity index (χ0v) is 8.53. The van der Waals surface area contributed by atoms with Crippen molar-refractivity contribution in [3.63, 3.8) is 0 Å². The van der Waals surface area contributed by atoms with Gasteiger partial charge in [-0.25, -0.2) is 0 Å². The molecule has 0 aromatic heterocycles. The molecule has 0 aliphatic heterocycles. The van der Waals surface area contributed by atoms with Crippen LogP contribution in [0.1, 0.15) is 36.5 Å². The molecule has 0 saturated heterocycles. The zero-order chi connectivity index (χ0) is 10.4. The number of rotatable bonds is 4. The summed E-state index contributed by atoms with van der Waals surface area (Å²) in [6.07, 6.45) is 7.15. The fraction of sp³-hybridized carbons (Fsp3) is 0.385. The Kier molecular flexibility index (Phi) is 4.22. The highest BCUT2D eigenvalue weighted by Gasteiger charge is 2.08. The van der Waals surface area contributed by atoms with Crippen LogP contribution in [0.4, 0.5) is 0 Å². The van der Waals surface area contributed by atoms with Gasteiger partial charge in [0.2, 0.25) is 0 Å². The molecule has 1 heteroatoms. The molecule has 0 amide bonds. The highest BCUT2D eigenvalue weighted by molar-refractivity contribution is 5.27. The molecule has 1 aromatic rings. The van der Waals surface area contributed by atoms with Crippen LogP contribution in [-0.4, -0.2) is 5.11 Å². The van der Waals surface area contributed by atoms with E-state index in [1.165, 1.54) is 0 Å². The van der Waals surface area contributed by atoms with Crippen LogP contribution in [-0.2, 0) is 0 Å². The van der Waals surface area contributed by atoms with Gasteiger partial charge in [-0.2, -0.15) is 0 Å². The van der Waals surface area contributed by atoms with Gasteiger partial charge in [0.25, 0.3) is 0 Å². The first-order chi connectivity index (χ1) is 6.75. The Hall–Kier alpha value is -1.26. The van der Waals surface area contributed by atoms with Gasteiger partial charge in [-0.05, 0) is 30.9 Å². The molecule has 14 heavy (non-hydrogen) atoms. The average molecular weight is 188 g/mol. The van der Waals surface area contributed by atoms with E-state index in [2.05, 4.69) is 5.92 Å². The molecular weight excluding hydrogens is 172 g/mol. The maximum absolute atomic E-state index is 9.86. The standard InChI is InChI=1S/C13H16O/c1-3-4-5-10-13(14)12-9-7-6-8-11(12)2/h1,6-9,13-14H,4-5,10H2,2H3. The highest BCUT2D eigenvalue weighted by atomic mass is 16.3. The second-order valence-corrected chi connectivity index (χ2v) is 3.47. The number of aryl methyl sites for hydroxylation is 1. The second-order valence-electron chi connectivity index (χ2n) is 3.47. The largest absolute Gasteiger partial charge is 0.388 e. The number of aliphatic hydroxyl groups excluding tert-OH is 1. The average Bonchev–Trinajstić information content (AvgIpc) is 2.18. The van der Waals surface area contributed by atoms with Crippen molar-refractivity contribution in [3.05, 3.63) is 35.4 Å². The lowest BCUT2D eigenvalue weighted by atomic mass is 9.99. The minimum Gasteiger partial charge on any atom is -0.388 e. The van der Waals surface area contributed by atoms with Gasteiger partial charge in [-0.1, -0.05) is 24.3 Å². The SMILES string of the molecule is C#CCCCC(O)c1ccccc1C. The molecule has 1 atom stereocenters. The first-order valence-corrected chi connectivity index (χ1v) is 4.92. The van der Waals surface area contributed by atoms with E-state index in [1.807, 2.05) is 31.2 Å². The Labute approximate surface area is 85.8 Å². The van der Waals surface area contributed by atoms with Gasteiger partial charge in [0, 0.05) is 6.42 Å². The molecule has 0 aliphatic rings. The van der Waals surface area contributed by atoms with E-state index in [-0.39, 0.29) is 6.10 Å². The molecule has 0 spiro atoms. The molecule has 1 N–H and O–H groups in total. The Morgan fingerprint density at radius 1 is 1.43 bits per heavy atom. The summed E-state index contributed by atoms with van der Waals surface area (Å²) in [6, 6.07) is 7.91. The molecule has 0 fully saturated rings. The highest BCUT2D eigenvalue weighted by Crippen LogP contribution is 2.21. The van der Waals surface area contributed by atoms with Crippen LogP contribution in [0.3, 0.4) is 0 Å². The number of terminal acetylenes is 1. The molecule has 1 nitrogen and oxygen atoms in total. The van der Waals surface area contributed by atoms with Crippen LogP contribution in [0.5, 0.6) is 0 Å². The fourth-order valence-corrected chi connectivity index (χ4v) is 1.51. The quantitative estimate of drug-likeness (QED) is 0.569. The summed E-state index contributed by atoms with van der Waals surface area (Å²) in [6.45, 7) is 2.01.